The van der Waals surface area contributed by atoms with E-state index >= 15 is 4.39 Å². The SMILES string of the molecule is CC(=O)N(CC[C@H](N)C(=O)N[C@H](CCNC(=O)CN1C(=O)C=CC1=O)C(=O)O)[C@@H](c1cc(-c2cc(F)ccc2F)cn1Cc1ccccc1)C(C)(C)C.O=C(O)C(F)(F)F. The Balaban J connectivity index is 0.00000126. The first-order valence-corrected chi connectivity index (χ1v) is 18.3. The molecule has 1 aromatic heterocycles. The molecule has 6 N–H and O–H groups in total. The zero-order valence-corrected chi connectivity index (χ0v) is 33.0. The third kappa shape index (κ3) is 13.6. The number of aromatic nitrogens is 1. The molecule has 3 atom stereocenters. The van der Waals surface area contributed by atoms with E-state index < -0.39 is 83.5 Å². The van der Waals surface area contributed by atoms with E-state index in [4.69, 9.17) is 15.6 Å². The molecule has 0 saturated heterocycles. The molecule has 324 valence electrons. The van der Waals surface area contributed by atoms with Crippen molar-refractivity contribution >= 4 is 41.5 Å². The summed E-state index contributed by atoms with van der Waals surface area (Å²) in [5, 5.41) is 21.6. The van der Waals surface area contributed by atoms with Crippen LogP contribution in [0.25, 0.3) is 11.1 Å². The number of rotatable bonds is 16. The van der Waals surface area contributed by atoms with Crippen LogP contribution in [0.1, 0.15) is 57.8 Å². The van der Waals surface area contributed by atoms with Crippen LogP contribution in [-0.4, -0.2) is 104 Å². The predicted molar refractivity (Wildman–Crippen MR) is 204 cm³/mol. The van der Waals surface area contributed by atoms with Crippen molar-refractivity contribution < 1.29 is 65.7 Å². The minimum Gasteiger partial charge on any atom is -0.480 e. The van der Waals surface area contributed by atoms with E-state index in [0.29, 0.717) is 17.8 Å². The molecule has 1 aliphatic rings. The van der Waals surface area contributed by atoms with Gasteiger partial charge in [-0.25, -0.2) is 18.4 Å². The number of aliphatic carboxylic acids is 2. The largest absolute Gasteiger partial charge is 0.490 e. The van der Waals surface area contributed by atoms with Gasteiger partial charge in [0.15, 0.2) is 0 Å². The third-order valence-corrected chi connectivity index (χ3v) is 9.01. The van der Waals surface area contributed by atoms with E-state index in [2.05, 4.69) is 10.6 Å². The Kier molecular flexibility index (Phi) is 16.4. The van der Waals surface area contributed by atoms with Crippen LogP contribution in [0.3, 0.4) is 0 Å². The number of alkyl halides is 3. The van der Waals surface area contributed by atoms with Crippen LogP contribution in [0.15, 0.2) is 72.9 Å². The predicted octanol–water partition coefficient (Wildman–Crippen LogP) is 3.77. The molecule has 15 nitrogen and oxygen atoms in total. The van der Waals surface area contributed by atoms with Crippen molar-refractivity contribution in [2.24, 2.45) is 11.1 Å². The molecule has 3 aromatic rings. The summed E-state index contributed by atoms with van der Waals surface area (Å²) >= 11 is 0. The Hall–Kier alpha value is -6.44. The van der Waals surface area contributed by atoms with Gasteiger partial charge in [0.05, 0.1) is 12.1 Å². The standard InChI is InChI=1S/C38H44F2N6O7.C2HF3O2/c1-23(47)45(17-15-29(41)36(51)43-30(37(52)53)14-16-42-32(48)22-46-33(49)12-13-34(46)50)35(38(2,3)4)31-18-25(27-19-26(39)10-11-28(27)40)21-44(31)20-24-8-6-5-7-9-24;3-2(4,5)1(6)7/h5-13,18-19,21,29-30,35H,14-17,20,22,41H2,1-4H3,(H,42,48)(H,43,51)(H,52,53);(H,6,7)/t29-,30+,35-;/m0./s1. The summed E-state index contributed by atoms with van der Waals surface area (Å²) in [4.78, 5) is 85.1. The summed E-state index contributed by atoms with van der Waals surface area (Å²) in [6.07, 6.45) is -1.58. The Morgan fingerprint density at radius 3 is 2.03 bits per heavy atom. The van der Waals surface area contributed by atoms with E-state index in [1.807, 2.05) is 55.7 Å². The average molecular weight is 849 g/mol. The molecule has 1 aliphatic heterocycles. The van der Waals surface area contributed by atoms with Crippen LogP contribution < -0.4 is 16.4 Å². The van der Waals surface area contributed by atoms with Gasteiger partial charge in [0.25, 0.3) is 11.8 Å². The number of carbonyl (C=O) groups is 7. The summed E-state index contributed by atoms with van der Waals surface area (Å²) in [6.45, 7) is 6.78. The van der Waals surface area contributed by atoms with E-state index in [-0.39, 0.29) is 37.4 Å². The summed E-state index contributed by atoms with van der Waals surface area (Å²) in [7, 11) is 0. The number of amides is 5. The number of nitrogens with two attached hydrogens (primary N) is 1. The molecule has 0 unspecified atom stereocenters. The molecule has 0 fully saturated rings. The van der Waals surface area contributed by atoms with E-state index in [9.17, 15) is 51.4 Å². The maximum Gasteiger partial charge on any atom is 0.490 e. The van der Waals surface area contributed by atoms with Gasteiger partial charge in [0.1, 0.15) is 24.2 Å². The number of nitrogens with one attached hydrogen (secondary N) is 2. The lowest BCUT2D eigenvalue weighted by Crippen LogP contribution is -2.51. The molecular weight excluding hydrogens is 803 g/mol. The van der Waals surface area contributed by atoms with E-state index in [1.165, 1.54) is 6.92 Å². The molecule has 60 heavy (non-hydrogen) atoms. The number of benzene rings is 2. The van der Waals surface area contributed by atoms with Gasteiger partial charge in [-0.3, -0.25) is 28.9 Å². The van der Waals surface area contributed by atoms with Crippen LogP contribution in [0, 0.1) is 17.0 Å². The van der Waals surface area contributed by atoms with Crippen molar-refractivity contribution in [1.29, 1.82) is 0 Å². The lowest BCUT2D eigenvalue weighted by molar-refractivity contribution is -0.192. The summed E-state index contributed by atoms with van der Waals surface area (Å²) in [5.74, 6) is -8.46. The topological polar surface area (TPSA) is 221 Å². The quantitative estimate of drug-likeness (QED) is 0.104. The van der Waals surface area contributed by atoms with Gasteiger partial charge >= 0.3 is 18.1 Å². The zero-order chi connectivity index (χ0) is 45.1. The van der Waals surface area contributed by atoms with Gasteiger partial charge in [-0.05, 0) is 48.1 Å². The fourth-order valence-corrected chi connectivity index (χ4v) is 6.17. The highest BCUT2D eigenvalue weighted by atomic mass is 19.4. The molecule has 0 aliphatic carbocycles. The first-order chi connectivity index (χ1) is 27.9. The van der Waals surface area contributed by atoms with Gasteiger partial charge in [-0.15, -0.1) is 0 Å². The first-order valence-electron chi connectivity index (χ1n) is 18.3. The Bertz CT molecular complexity index is 2080. The van der Waals surface area contributed by atoms with Crippen molar-refractivity contribution in [3.63, 3.8) is 0 Å². The zero-order valence-electron chi connectivity index (χ0n) is 33.0. The number of nitrogens with zero attached hydrogens (tertiary/aromatic N) is 3. The summed E-state index contributed by atoms with van der Waals surface area (Å²) < 4.78 is 62.9. The highest BCUT2D eigenvalue weighted by Crippen LogP contribution is 2.41. The van der Waals surface area contributed by atoms with Gasteiger partial charge in [0.2, 0.25) is 17.7 Å². The number of halogens is 5. The highest BCUT2D eigenvalue weighted by Gasteiger charge is 2.39. The Morgan fingerprint density at radius 2 is 1.50 bits per heavy atom. The molecule has 2 heterocycles. The fraction of sp³-hybridized carbons (Fsp3) is 0.375. The van der Waals surface area contributed by atoms with Crippen molar-refractivity contribution in [2.45, 2.75) is 71.4 Å². The molecule has 0 spiro atoms. The average Bonchev–Trinajstić information content (AvgIpc) is 3.70. The molecule has 0 bridgehead atoms. The molecule has 5 amide bonds. The molecule has 0 saturated carbocycles. The number of imide groups is 1. The molecule has 0 radical (unpaired) electrons. The second kappa shape index (κ2) is 20.5. The molecule has 20 heteroatoms. The van der Waals surface area contributed by atoms with Crippen molar-refractivity contribution in [1.82, 2.24) is 25.0 Å². The number of hydrogen-bond donors (Lipinski definition) is 5. The summed E-state index contributed by atoms with van der Waals surface area (Å²) in [6, 6.07) is 11.1. The Labute approximate surface area is 341 Å². The van der Waals surface area contributed by atoms with Crippen LogP contribution in [0.5, 0.6) is 0 Å². The maximum atomic E-state index is 15.0. The maximum absolute atomic E-state index is 15.0. The van der Waals surface area contributed by atoms with Gasteiger partial charge < -0.3 is 36.0 Å². The van der Waals surface area contributed by atoms with Crippen molar-refractivity contribution in [3.8, 4) is 11.1 Å². The number of carboxylic acids is 2. The minimum atomic E-state index is -5.08. The van der Waals surface area contributed by atoms with Crippen LogP contribution in [0.2, 0.25) is 0 Å². The molecule has 2 aromatic carbocycles. The highest BCUT2D eigenvalue weighted by molar-refractivity contribution is 6.14. The lowest BCUT2D eigenvalue weighted by Gasteiger charge is -2.41. The van der Waals surface area contributed by atoms with Crippen LogP contribution in [0.4, 0.5) is 22.0 Å². The third-order valence-electron chi connectivity index (χ3n) is 9.01. The van der Waals surface area contributed by atoms with Crippen LogP contribution >= 0.6 is 0 Å². The van der Waals surface area contributed by atoms with E-state index in [1.54, 1.807) is 17.2 Å². The molecule has 4 rings (SSSR count). The number of carboxylic acid groups (broad SMARTS) is 2. The van der Waals surface area contributed by atoms with Gasteiger partial charge in [-0.1, -0.05) is 51.1 Å². The number of hydrogen-bond acceptors (Lipinski definition) is 8. The van der Waals surface area contributed by atoms with Crippen molar-refractivity contribution in [3.05, 3.63) is 95.8 Å². The van der Waals surface area contributed by atoms with E-state index in [0.717, 1.165) is 40.8 Å². The number of carbonyl (C=O) groups excluding carboxylic acids is 5. The summed E-state index contributed by atoms with van der Waals surface area (Å²) in [5.41, 5.74) is 7.64. The second-order valence-electron chi connectivity index (χ2n) is 14.7. The second-order valence-corrected chi connectivity index (χ2v) is 14.7. The van der Waals surface area contributed by atoms with Gasteiger partial charge in [-0.2, -0.15) is 13.2 Å². The van der Waals surface area contributed by atoms with Crippen molar-refractivity contribution in [2.75, 3.05) is 19.6 Å². The minimum absolute atomic E-state index is 0.0113. The van der Waals surface area contributed by atoms with Crippen LogP contribution in [-0.2, 0) is 40.1 Å². The normalized spacial score (nSPS) is 14.1. The van der Waals surface area contributed by atoms with Gasteiger partial charge in [0, 0.05) is 61.7 Å². The first kappa shape index (κ1) is 47.9. The smallest absolute Gasteiger partial charge is 0.480 e. The fourth-order valence-electron chi connectivity index (χ4n) is 6.17. The molecular formula is C40H45F5N6O9. The lowest BCUT2D eigenvalue weighted by atomic mass is 9.82. The Morgan fingerprint density at radius 1 is 0.900 bits per heavy atom. The monoisotopic (exact) mass is 848 g/mol.